The van der Waals surface area contributed by atoms with Gasteiger partial charge < -0.3 is 9.64 Å². The second-order valence-electron chi connectivity index (χ2n) is 8.64. The van der Waals surface area contributed by atoms with E-state index in [0.717, 1.165) is 37.1 Å². The summed E-state index contributed by atoms with van der Waals surface area (Å²) in [6, 6.07) is 14.7. The minimum absolute atomic E-state index is 0.113. The van der Waals surface area contributed by atoms with Crippen LogP contribution in [0.4, 0.5) is 0 Å². The van der Waals surface area contributed by atoms with Gasteiger partial charge in [-0.05, 0) is 69.0 Å². The van der Waals surface area contributed by atoms with E-state index in [1.54, 1.807) is 4.57 Å². The smallest absolute Gasteiger partial charge is 0.266 e. The third-order valence-electron chi connectivity index (χ3n) is 6.23. The van der Waals surface area contributed by atoms with Crippen molar-refractivity contribution in [1.29, 1.82) is 0 Å². The Labute approximate surface area is 195 Å². The lowest BCUT2D eigenvalue weighted by atomic mass is 10.1. The average molecular weight is 448 g/mol. The Bertz CT molecular complexity index is 1170. The highest BCUT2D eigenvalue weighted by Gasteiger charge is 2.37. The average Bonchev–Trinajstić information content (AvgIpc) is 3.68. The normalized spacial score (nSPS) is 14.3. The van der Waals surface area contributed by atoms with Crippen molar-refractivity contribution >= 4 is 16.8 Å². The summed E-state index contributed by atoms with van der Waals surface area (Å²) in [4.78, 5) is 34.0. The number of para-hydroxylation sites is 1. The molecule has 33 heavy (non-hydrogen) atoms. The van der Waals surface area contributed by atoms with Gasteiger partial charge >= 0.3 is 0 Å². The van der Waals surface area contributed by atoms with Crippen LogP contribution >= 0.6 is 0 Å². The van der Waals surface area contributed by atoms with Crippen LogP contribution in [0.15, 0.2) is 53.3 Å². The number of rotatable bonds is 10. The molecule has 1 amide bonds. The molecule has 1 heterocycles. The topological polar surface area (TPSA) is 64.4 Å². The van der Waals surface area contributed by atoms with E-state index < -0.39 is 0 Å². The number of aromatic nitrogens is 2. The number of fused-ring (bicyclic) bond motifs is 1. The standard InChI is InChI=1S/C27H33N3O3/c1-4-7-18-29(26(31)19-12-13-19)24(5-2)25-28-23-11-9-8-10-22(23)27(32)30(25)20-14-16-21(17-15-20)33-6-3/h8-11,14-17,19,24H,4-7,12-13,18H2,1-3H3. The van der Waals surface area contributed by atoms with Crippen molar-refractivity contribution < 1.29 is 9.53 Å². The lowest BCUT2D eigenvalue weighted by Crippen LogP contribution is -2.40. The summed E-state index contributed by atoms with van der Waals surface area (Å²) in [5.41, 5.74) is 1.27. The van der Waals surface area contributed by atoms with Crippen LogP contribution in [0.25, 0.3) is 16.6 Å². The molecule has 1 aliphatic rings. The summed E-state index contributed by atoms with van der Waals surface area (Å²) in [7, 11) is 0. The molecule has 1 fully saturated rings. The van der Waals surface area contributed by atoms with Gasteiger partial charge in [-0.15, -0.1) is 0 Å². The third-order valence-corrected chi connectivity index (χ3v) is 6.23. The highest BCUT2D eigenvalue weighted by molar-refractivity contribution is 5.82. The van der Waals surface area contributed by atoms with E-state index in [0.29, 0.717) is 36.3 Å². The van der Waals surface area contributed by atoms with Gasteiger partial charge in [0.2, 0.25) is 5.91 Å². The van der Waals surface area contributed by atoms with Gasteiger partial charge in [0.05, 0.1) is 29.2 Å². The van der Waals surface area contributed by atoms with Gasteiger partial charge in [-0.3, -0.25) is 14.2 Å². The summed E-state index contributed by atoms with van der Waals surface area (Å²) >= 11 is 0. The van der Waals surface area contributed by atoms with E-state index in [4.69, 9.17) is 9.72 Å². The van der Waals surface area contributed by atoms with Crippen molar-refractivity contribution in [1.82, 2.24) is 14.5 Å². The number of carbonyl (C=O) groups is 1. The molecule has 0 radical (unpaired) electrons. The minimum atomic E-state index is -0.270. The Morgan fingerprint density at radius 2 is 1.85 bits per heavy atom. The van der Waals surface area contributed by atoms with Crippen LogP contribution in [0, 0.1) is 5.92 Å². The highest BCUT2D eigenvalue weighted by Crippen LogP contribution is 2.35. The van der Waals surface area contributed by atoms with Crippen LogP contribution in [0.1, 0.15) is 64.7 Å². The fraction of sp³-hybridized carbons (Fsp3) is 0.444. The van der Waals surface area contributed by atoms with E-state index in [-0.39, 0.29) is 23.4 Å². The molecular weight excluding hydrogens is 414 g/mol. The molecule has 6 heteroatoms. The zero-order valence-electron chi connectivity index (χ0n) is 19.8. The van der Waals surface area contributed by atoms with E-state index in [2.05, 4.69) is 13.8 Å². The van der Waals surface area contributed by atoms with E-state index in [1.165, 1.54) is 0 Å². The van der Waals surface area contributed by atoms with E-state index >= 15 is 0 Å². The first-order chi connectivity index (χ1) is 16.1. The van der Waals surface area contributed by atoms with Gasteiger partial charge in [0.25, 0.3) is 5.56 Å². The zero-order chi connectivity index (χ0) is 23.4. The summed E-state index contributed by atoms with van der Waals surface area (Å²) in [5, 5.41) is 0.568. The Kier molecular flexibility index (Phi) is 7.11. The van der Waals surface area contributed by atoms with Gasteiger partial charge in [-0.1, -0.05) is 32.4 Å². The molecule has 0 spiro atoms. The van der Waals surface area contributed by atoms with Crippen LogP contribution in [0.2, 0.25) is 0 Å². The fourth-order valence-corrected chi connectivity index (χ4v) is 4.34. The predicted octanol–water partition coefficient (Wildman–Crippen LogP) is 5.27. The Hall–Kier alpha value is -3.15. The van der Waals surface area contributed by atoms with Crippen molar-refractivity contribution in [3.63, 3.8) is 0 Å². The molecule has 1 aliphatic carbocycles. The van der Waals surface area contributed by atoms with Crippen molar-refractivity contribution in [3.8, 4) is 11.4 Å². The molecule has 1 atom stereocenters. The van der Waals surface area contributed by atoms with E-state index in [1.807, 2.05) is 60.4 Å². The molecule has 2 aromatic carbocycles. The molecular formula is C27H33N3O3. The first kappa shape index (κ1) is 23.0. The van der Waals surface area contributed by atoms with Crippen molar-refractivity contribution in [2.24, 2.45) is 5.92 Å². The summed E-state index contributed by atoms with van der Waals surface area (Å²) in [5.74, 6) is 1.68. The molecule has 0 aliphatic heterocycles. The highest BCUT2D eigenvalue weighted by atomic mass is 16.5. The van der Waals surface area contributed by atoms with Crippen molar-refractivity contribution in [3.05, 3.63) is 64.7 Å². The first-order valence-electron chi connectivity index (χ1n) is 12.1. The lowest BCUT2D eigenvalue weighted by molar-refractivity contribution is -0.135. The number of amides is 1. The molecule has 174 valence electrons. The minimum Gasteiger partial charge on any atom is -0.494 e. The number of benzene rings is 2. The zero-order valence-corrected chi connectivity index (χ0v) is 19.8. The molecule has 0 bridgehead atoms. The van der Waals surface area contributed by atoms with Crippen LogP contribution < -0.4 is 10.3 Å². The maximum absolute atomic E-state index is 13.7. The molecule has 3 aromatic rings. The van der Waals surface area contributed by atoms with Gasteiger partial charge in [0, 0.05) is 12.5 Å². The molecule has 0 saturated heterocycles. The number of unbranched alkanes of at least 4 members (excludes halogenated alkanes) is 1. The number of hydrogen-bond acceptors (Lipinski definition) is 4. The molecule has 4 rings (SSSR count). The quantitative estimate of drug-likeness (QED) is 0.424. The van der Waals surface area contributed by atoms with Gasteiger partial charge in [0.15, 0.2) is 0 Å². The summed E-state index contributed by atoms with van der Waals surface area (Å²) in [6.45, 7) is 7.39. The van der Waals surface area contributed by atoms with Crippen molar-refractivity contribution in [2.45, 2.75) is 58.9 Å². The molecule has 6 nitrogen and oxygen atoms in total. The predicted molar refractivity (Wildman–Crippen MR) is 131 cm³/mol. The lowest BCUT2D eigenvalue weighted by Gasteiger charge is -2.32. The van der Waals surface area contributed by atoms with Crippen LogP contribution in [0.5, 0.6) is 5.75 Å². The van der Waals surface area contributed by atoms with E-state index in [9.17, 15) is 9.59 Å². The van der Waals surface area contributed by atoms with Crippen molar-refractivity contribution in [2.75, 3.05) is 13.2 Å². The number of ether oxygens (including phenoxy) is 1. The van der Waals surface area contributed by atoms with Gasteiger partial charge in [-0.25, -0.2) is 4.98 Å². The SMILES string of the molecule is CCCCN(C(=O)C1CC1)C(CC)c1nc2ccccc2c(=O)n1-c1ccc(OCC)cc1. The molecule has 0 N–H and O–H groups in total. The summed E-state index contributed by atoms with van der Waals surface area (Å²) < 4.78 is 7.27. The number of carbonyl (C=O) groups excluding carboxylic acids is 1. The maximum atomic E-state index is 13.7. The Balaban J connectivity index is 1.89. The monoisotopic (exact) mass is 447 g/mol. The molecule has 1 unspecified atom stereocenters. The number of hydrogen-bond donors (Lipinski definition) is 0. The Morgan fingerprint density at radius 1 is 1.12 bits per heavy atom. The first-order valence-corrected chi connectivity index (χ1v) is 12.1. The Morgan fingerprint density at radius 3 is 2.48 bits per heavy atom. The third kappa shape index (κ3) is 4.80. The van der Waals surface area contributed by atoms with Crippen LogP contribution in [0.3, 0.4) is 0 Å². The second-order valence-corrected chi connectivity index (χ2v) is 8.64. The maximum Gasteiger partial charge on any atom is 0.266 e. The number of nitrogens with zero attached hydrogens (tertiary/aromatic N) is 3. The van der Waals surface area contributed by atoms with Crippen LogP contribution in [-0.2, 0) is 4.79 Å². The van der Waals surface area contributed by atoms with Crippen LogP contribution in [-0.4, -0.2) is 33.5 Å². The summed E-state index contributed by atoms with van der Waals surface area (Å²) in [6.07, 6.45) is 4.52. The molecule has 1 saturated carbocycles. The van der Waals surface area contributed by atoms with Gasteiger partial charge in [0.1, 0.15) is 11.6 Å². The second kappa shape index (κ2) is 10.2. The largest absolute Gasteiger partial charge is 0.494 e. The molecule has 1 aromatic heterocycles. The van der Waals surface area contributed by atoms with Gasteiger partial charge in [-0.2, -0.15) is 0 Å². The fourth-order valence-electron chi connectivity index (χ4n) is 4.34.